The Balaban J connectivity index is 2.39. The highest BCUT2D eigenvalue weighted by atomic mass is 19.1. The number of halogens is 1. The van der Waals surface area contributed by atoms with Crippen molar-refractivity contribution in [1.82, 2.24) is 5.32 Å². The minimum Gasteiger partial charge on any atom is -0.311 e. The van der Waals surface area contributed by atoms with Gasteiger partial charge in [-0.1, -0.05) is 20.8 Å². The normalized spacial score (nSPS) is 29.2. The predicted molar refractivity (Wildman–Crippen MR) is 49.9 cm³/mol. The van der Waals surface area contributed by atoms with Crippen LogP contribution in [-0.2, 0) is 0 Å². The quantitative estimate of drug-likeness (QED) is 0.691. The lowest BCUT2D eigenvalue weighted by Crippen LogP contribution is -2.37. The van der Waals surface area contributed by atoms with Gasteiger partial charge in [-0.25, -0.2) is 4.39 Å². The van der Waals surface area contributed by atoms with Crippen molar-refractivity contribution in [3.63, 3.8) is 0 Å². The largest absolute Gasteiger partial charge is 0.311 e. The third-order valence-electron chi connectivity index (χ3n) is 3.04. The number of alkyl halides is 1. The van der Waals surface area contributed by atoms with E-state index in [2.05, 4.69) is 19.2 Å². The minimum atomic E-state index is -0.660. The molecule has 1 saturated heterocycles. The molecule has 0 aliphatic carbocycles. The zero-order chi connectivity index (χ0) is 9.14. The van der Waals surface area contributed by atoms with E-state index in [9.17, 15) is 4.39 Å². The summed E-state index contributed by atoms with van der Waals surface area (Å²) in [5.41, 5.74) is 0. The molecule has 0 spiro atoms. The number of hydrogen-bond acceptors (Lipinski definition) is 1. The van der Waals surface area contributed by atoms with Crippen molar-refractivity contribution in [3.8, 4) is 0 Å². The second kappa shape index (κ2) is 4.22. The molecule has 1 N–H and O–H groups in total. The molecule has 1 aliphatic rings. The number of hydrogen-bond donors (Lipinski definition) is 1. The fraction of sp³-hybridized carbons (Fsp3) is 1.00. The summed E-state index contributed by atoms with van der Waals surface area (Å²) in [7, 11) is 0. The van der Waals surface area contributed by atoms with Crippen LogP contribution >= 0.6 is 0 Å². The maximum atomic E-state index is 13.7. The summed E-state index contributed by atoms with van der Waals surface area (Å²) in [5, 5.41) is 3.22. The van der Waals surface area contributed by atoms with Crippen LogP contribution in [-0.4, -0.2) is 18.8 Å². The van der Waals surface area contributed by atoms with Gasteiger partial charge in [0.2, 0.25) is 0 Å². The van der Waals surface area contributed by atoms with Gasteiger partial charge in [-0.2, -0.15) is 0 Å². The third kappa shape index (κ3) is 2.19. The van der Waals surface area contributed by atoms with Gasteiger partial charge in [0.05, 0.1) is 0 Å². The fourth-order valence-corrected chi connectivity index (χ4v) is 1.72. The van der Waals surface area contributed by atoms with Crippen molar-refractivity contribution in [3.05, 3.63) is 0 Å². The molecule has 1 fully saturated rings. The minimum absolute atomic E-state index is 0.127. The smallest absolute Gasteiger partial charge is 0.118 e. The van der Waals surface area contributed by atoms with Crippen LogP contribution in [0.2, 0.25) is 0 Å². The first-order valence-corrected chi connectivity index (χ1v) is 5.00. The van der Waals surface area contributed by atoms with Crippen LogP contribution in [0.1, 0.15) is 33.6 Å². The van der Waals surface area contributed by atoms with Crippen molar-refractivity contribution in [2.75, 3.05) is 6.54 Å². The van der Waals surface area contributed by atoms with E-state index in [0.717, 1.165) is 19.4 Å². The highest BCUT2D eigenvalue weighted by molar-refractivity contribution is 4.85. The first kappa shape index (κ1) is 9.97. The van der Waals surface area contributed by atoms with Crippen LogP contribution in [0.25, 0.3) is 0 Å². The molecule has 1 nitrogen and oxygen atoms in total. The van der Waals surface area contributed by atoms with Gasteiger partial charge in [0.25, 0.3) is 0 Å². The Hall–Kier alpha value is -0.110. The van der Waals surface area contributed by atoms with Crippen LogP contribution in [0, 0.1) is 11.8 Å². The molecule has 1 aliphatic heterocycles. The second-order valence-corrected chi connectivity index (χ2v) is 4.25. The van der Waals surface area contributed by atoms with Gasteiger partial charge in [-0.05, 0) is 31.2 Å². The molecule has 3 atom stereocenters. The molecule has 0 amide bonds. The van der Waals surface area contributed by atoms with E-state index in [1.54, 1.807) is 0 Å². The molecular formula is C10H20FN. The lowest BCUT2D eigenvalue weighted by Gasteiger charge is -2.25. The molecule has 2 heteroatoms. The molecule has 0 aromatic heterocycles. The maximum Gasteiger partial charge on any atom is 0.118 e. The van der Waals surface area contributed by atoms with Gasteiger partial charge in [0.1, 0.15) is 6.17 Å². The molecule has 0 bridgehead atoms. The Morgan fingerprint density at radius 3 is 2.42 bits per heavy atom. The number of rotatable bonds is 3. The highest BCUT2D eigenvalue weighted by Crippen LogP contribution is 2.24. The van der Waals surface area contributed by atoms with Crippen molar-refractivity contribution in [2.24, 2.45) is 11.8 Å². The summed E-state index contributed by atoms with van der Waals surface area (Å²) in [6.45, 7) is 7.18. The number of nitrogens with one attached hydrogen (secondary N) is 1. The molecule has 0 radical (unpaired) electrons. The summed E-state index contributed by atoms with van der Waals surface area (Å²) >= 11 is 0. The molecule has 3 unspecified atom stereocenters. The topological polar surface area (TPSA) is 12.0 Å². The van der Waals surface area contributed by atoms with Gasteiger partial charge >= 0.3 is 0 Å². The standard InChI is InChI=1S/C10H20FN/c1-7(2)8(3)10(11)9-5-4-6-12-9/h7-10,12H,4-6H2,1-3H3. The van der Waals surface area contributed by atoms with Gasteiger partial charge in [0, 0.05) is 6.04 Å². The molecule has 72 valence electrons. The summed E-state index contributed by atoms with van der Waals surface area (Å²) in [6, 6.07) is 0.127. The van der Waals surface area contributed by atoms with E-state index < -0.39 is 6.17 Å². The first-order chi connectivity index (χ1) is 5.63. The van der Waals surface area contributed by atoms with Crippen molar-refractivity contribution < 1.29 is 4.39 Å². The third-order valence-corrected chi connectivity index (χ3v) is 3.04. The van der Waals surface area contributed by atoms with Crippen LogP contribution in [0.4, 0.5) is 4.39 Å². The van der Waals surface area contributed by atoms with Crippen LogP contribution < -0.4 is 5.32 Å². The molecule has 12 heavy (non-hydrogen) atoms. The Morgan fingerprint density at radius 2 is 2.00 bits per heavy atom. The maximum absolute atomic E-state index is 13.7. The zero-order valence-corrected chi connectivity index (χ0v) is 8.31. The lowest BCUT2D eigenvalue weighted by molar-refractivity contribution is 0.155. The van der Waals surface area contributed by atoms with E-state index in [1.807, 2.05) is 6.92 Å². The molecular weight excluding hydrogens is 153 g/mol. The van der Waals surface area contributed by atoms with Crippen LogP contribution in [0.3, 0.4) is 0 Å². The van der Waals surface area contributed by atoms with Crippen molar-refractivity contribution in [2.45, 2.75) is 45.8 Å². The Morgan fingerprint density at radius 1 is 1.33 bits per heavy atom. The van der Waals surface area contributed by atoms with E-state index in [1.165, 1.54) is 0 Å². The SMILES string of the molecule is CC(C)C(C)C(F)C1CCCN1. The molecule has 0 saturated carbocycles. The summed E-state index contributed by atoms with van der Waals surface area (Å²) in [5.74, 6) is 0.628. The molecule has 0 aromatic rings. The monoisotopic (exact) mass is 173 g/mol. The zero-order valence-electron chi connectivity index (χ0n) is 8.31. The van der Waals surface area contributed by atoms with E-state index >= 15 is 0 Å². The van der Waals surface area contributed by atoms with E-state index in [4.69, 9.17) is 0 Å². The first-order valence-electron chi connectivity index (χ1n) is 5.00. The average molecular weight is 173 g/mol. The summed E-state index contributed by atoms with van der Waals surface area (Å²) in [6.07, 6.45) is 1.49. The Labute approximate surface area is 74.7 Å². The van der Waals surface area contributed by atoms with Crippen molar-refractivity contribution in [1.29, 1.82) is 0 Å². The average Bonchev–Trinajstić information content (AvgIpc) is 2.53. The van der Waals surface area contributed by atoms with E-state index in [0.29, 0.717) is 5.92 Å². The van der Waals surface area contributed by atoms with Crippen LogP contribution in [0.15, 0.2) is 0 Å². The lowest BCUT2D eigenvalue weighted by atomic mass is 9.89. The van der Waals surface area contributed by atoms with Gasteiger partial charge in [0.15, 0.2) is 0 Å². The summed E-state index contributed by atoms with van der Waals surface area (Å²) < 4.78 is 13.7. The van der Waals surface area contributed by atoms with Gasteiger partial charge < -0.3 is 5.32 Å². The Kier molecular flexibility index (Phi) is 3.51. The highest BCUT2D eigenvalue weighted by Gasteiger charge is 2.29. The van der Waals surface area contributed by atoms with E-state index in [-0.39, 0.29) is 12.0 Å². The van der Waals surface area contributed by atoms with Crippen molar-refractivity contribution >= 4 is 0 Å². The van der Waals surface area contributed by atoms with Gasteiger partial charge in [-0.3, -0.25) is 0 Å². The Bertz CT molecular complexity index is 128. The second-order valence-electron chi connectivity index (χ2n) is 4.25. The molecule has 1 heterocycles. The van der Waals surface area contributed by atoms with Gasteiger partial charge in [-0.15, -0.1) is 0 Å². The predicted octanol–water partition coefficient (Wildman–Crippen LogP) is 2.37. The van der Waals surface area contributed by atoms with Crippen LogP contribution in [0.5, 0.6) is 0 Å². The summed E-state index contributed by atoms with van der Waals surface area (Å²) in [4.78, 5) is 0. The molecule has 0 aromatic carbocycles. The molecule has 1 rings (SSSR count). The fourth-order valence-electron chi connectivity index (χ4n) is 1.72.